The van der Waals surface area contributed by atoms with E-state index in [4.69, 9.17) is 0 Å². The van der Waals surface area contributed by atoms with Crippen molar-refractivity contribution in [2.75, 3.05) is 14.1 Å². The minimum Gasteiger partial charge on any atom is -0.364 e. The molecule has 1 rings (SSSR count). The topological polar surface area (TPSA) is 48.1 Å². The summed E-state index contributed by atoms with van der Waals surface area (Å²) in [5.41, 5.74) is 3.64. The molecule has 1 aromatic rings. The molecule has 0 aliphatic carbocycles. The molecule has 1 unspecified atom stereocenters. The number of hydrazine groups is 1. The number of nitrogens with one attached hydrogen (secondary N) is 2. The van der Waals surface area contributed by atoms with Gasteiger partial charge in [-0.2, -0.15) is 0 Å². The molecule has 1 heterocycles. The van der Waals surface area contributed by atoms with Gasteiger partial charge >= 0.3 is 0 Å². The minimum atomic E-state index is -0.141. The fourth-order valence-electron chi connectivity index (χ4n) is 1.07. The first kappa shape index (κ1) is 9.80. The Hall–Kier alpha value is -1.29. The van der Waals surface area contributed by atoms with Gasteiger partial charge in [-0.3, -0.25) is 10.2 Å². The first-order valence-corrected chi connectivity index (χ1v) is 4.22. The van der Waals surface area contributed by atoms with Crippen molar-refractivity contribution in [3.05, 3.63) is 24.0 Å². The van der Waals surface area contributed by atoms with E-state index in [-0.39, 0.29) is 11.8 Å². The normalized spacial score (nSPS) is 12.9. The third kappa shape index (κ3) is 2.59. The number of H-pyrrole nitrogens is 1. The van der Waals surface area contributed by atoms with E-state index in [2.05, 4.69) is 10.4 Å². The number of aromatic nitrogens is 1. The predicted octanol–water partition coefficient (Wildman–Crippen LogP) is 0.711. The molecular formula is C9H15N3O. The van der Waals surface area contributed by atoms with Crippen molar-refractivity contribution in [2.24, 2.45) is 0 Å². The first-order valence-electron chi connectivity index (χ1n) is 4.22. The number of rotatable bonds is 3. The van der Waals surface area contributed by atoms with Crippen LogP contribution in [0.3, 0.4) is 0 Å². The van der Waals surface area contributed by atoms with Crippen molar-refractivity contribution in [3.63, 3.8) is 0 Å². The quantitative estimate of drug-likeness (QED) is 0.675. The molecule has 1 atom stereocenters. The van der Waals surface area contributed by atoms with Gasteiger partial charge in [0.2, 0.25) is 5.91 Å². The SMILES string of the molecule is CC(C(=O)NN(C)C)c1ccc[nH]1. The molecule has 0 aromatic carbocycles. The van der Waals surface area contributed by atoms with Crippen LogP contribution in [0.1, 0.15) is 18.5 Å². The third-order valence-electron chi connectivity index (χ3n) is 1.82. The lowest BCUT2D eigenvalue weighted by atomic mass is 10.1. The largest absolute Gasteiger partial charge is 0.364 e. The lowest BCUT2D eigenvalue weighted by Crippen LogP contribution is -2.38. The van der Waals surface area contributed by atoms with Crippen molar-refractivity contribution in [2.45, 2.75) is 12.8 Å². The maximum Gasteiger partial charge on any atom is 0.243 e. The number of amides is 1. The average molecular weight is 181 g/mol. The Morgan fingerprint density at radius 2 is 2.31 bits per heavy atom. The van der Waals surface area contributed by atoms with Gasteiger partial charge in [-0.25, -0.2) is 5.01 Å². The zero-order chi connectivity index (χ0) is 9.84. The van der Waals surface area contributed by atoms with Gasteiger partial charge in [0.15, 0.2) is 0 Å². The second-order valence-corrected chi connectivity index (χ2v) is 3.22. The van der Waals surface area contributed by atoms with Gasteiger partial charge in [0.05, 0.1) is 5.92 Å². The zero-order valence-corrected chi connectivity index (χ0v) is 8.16. The maximum atomic E-state index is 11.5. The Morgan fingerprint density at radius 3 is 2.77 bits per heavy atom. The van der Waals surface area contributed by atoms with Crippen molar-refractivity contribution in [3.8, 4) is 0 Å². The summed E-state index contributed by atoms with van der Waals surface area (Å²) in [5.74, 6) is -0.148. The van der Waals surface area contributed by atoms with Gasteiger partial charge in [0, 0.05) is 26.0 Å². The van der Waals surface area contributed by atoms with Crippen LogP contribution in [0.5, 0.6) is 0 Å². The highest BCUT2D eigenvalue weighted by atomic mass is 16.2. The fraction of sp³-hybridized carbons (Fsp3) is 0.444. The molecule has 0 saturated heterocycles. The van der Waals surface area contributed by atoms with Gasteiger partial charge in [0.1, 0.15) is 0 Å². The number of carbonyl (C=O) groups excluding carboxylic acids is 1. The Balaban J connectivity index is 2.58. The maximum absolute atomic E-state index is 11.5. The molecule has 0 radical (unpaired) electrons. The summed E-state index contributed by atoms with van der Waals surface area (Å²) in [6.07, 6.45) is 1.81. The number of nitrogens with zero attached hydrogens (tertiary/aromatic N) is 1. The summed E-state index contributed by atoms with van der Waals surface area (Å²) in [6.45, 7) is 1.87. The summed E-state index contributed by atoms with van der Waals surface area (Å²) in [4.78, 5) is 14.5. The van der Waals surface area contributed by atoms with Gasteiger partial charge in [-0.05, 0) is 19.1 Å². The Kier molecular flexibility index (Phi) is 3.08. The van der Waals surface area contributed by atoms with Gasteiger partial charge in [0.25, 0.3) is 0 Å². The summed E-state index contributed by atoms with van der Waals surface area (Å²) in [5, 5.41) is 1.64. The van der Waals surface area contributed by atoms with Crippen molar-refractivity contribution in [1.29, 1.82) is 0 Å². The second kappa shape index (κ2) is 4.09. The number of aromatic amines is 1. The van der Waals surface area contributed by atoms with Crippen molar-refractivity contribution < 1.29 is 4.79 Å². The van der Waals surface area contributed by atoms with Crippen LogP contribution >= 0.6 is 0 Å². The first-order chi connectivity index (χ1) is 6.11. The van der Waals surface area contributed by atoms with Gasteiger partial charge < -0.3 is 4.98 Å². The van der Waals surface area contributed by atoms with Crippen LogP contribution in [0.15, 0.2) is 18.3 Å². The molecule has 72 valence electrons. The highest BCUT2D eigenvalue weighted by molar-refractivity contribution is 5.82. The van der Waals surface area contributed by atoms with Crippen LogP contribution in [0.2, 0.25) is 0 Å². The Morgan fingerprint density at radius 1 is 1.62 bits per heavy atom. The number of hydrogen-bond acceptors (Lipinski definition) is 2. The van der Waals surface area contributed by atoms with Crippen LogP contribution in [-0.2, 0) is 4.79 Å². The summed E-state index contributed by atoms with van der Waals surface area (Å²) < 4.78 is 0. The Labute approximate surface area is 77.9 Å². The van der Waals surface area contributed by atoms with Gasteiger partial charge in [-0.1, -0.05) is 0 Å². The summed E-state index contributed by atoms with van der Waals surface area (Å²) >= 11 is 0. The van der Waals surface area contributed by atoms with Crippen molar-refractivity contribution in [1.82, 2.24) is 15.4 Å². The summed E-state index contributed by atoms with van der Waals surface area (Å²) in [6, 6.07) is 3.79. The predicted molar refractivity (Wildman–Crippen MR) is 51.0 cm³/mol. The van der Waals surface area contributed by atoms with E-state index in [0.717, 1.165) is 5.69 Å². The highest BCUT2D eigenvalue weighted by Crippen LogP contribution is 2.11. The molecule has 1 aromatic heterocycles. The average Bonchev–Trinajstić information content (AvgIpc) is 2.53. The molecule has 4 nitrogen and oxygen atoms in total. The summed E-state index contributed by atoms with van der Waals surface area (Å²) in [7, 11) is 3.58. The van der Waals surface area contributed by atoms with E-state index in [1.165, 1.54) is 0 Å². The van der Waals surface area contributed by atoms with Crippen molar-refractivity contribution >= 4 is 5.91 Å². The fourth-order valence-corrected chi connectivity index (χ4v) is 1.07. The van der Waals surface area contributed by atoms with E-state index >= 15 is 0 Å². The lowest BCUT2D eigenvalue weighted by Gasteiger charge is -2.15. The second-order valence-electron chi connectivity index (χ2n) is 3.22. The molecule has 2 N–H and O–H groups in total. The number of hydrogen-bond donors (Lipinski definition) is 2. The number of carbonyl (C=O) groups is 1. The molecular weight excluding hydrogens is 166 g/mol. The molecule has 0 bridgehead atoms. The standard InChI is InChI=1S/C9H15N3O/c1-7(8-5-4-6-10-8)9(13)11-12(2)3/h4-7,10H,1-3H3,(H,11,13). The smallest absolute Gasteiger partial charge is 0.243 e. The Bertz CT molecular complexity index is 266. The molecule has 0 saturated carbocycles. The lowest BCUT2D eigenvalue weighted by molar-refractivity contribution is -0.126. The molecule has 4 heteroatoms. The third-order valence-corrected chi connectivity index (χ3v) is 1.82. The molecule has 0 spiro atoms. The van der Waals surface area contributed by atoms with E-state index in [0.29, 0.717) is 0 Å². The molecule has 13 heavy (non-hydrogen) atoms. The van der Waals surface area contributed by atoms with Crippen LogP contribution < -0.4 is 5.43 Å². The zero-order valence-electron chi connectivity index (χ0n) is 8.16. The molecule has 0 aliphatic heterocycles. The van der Waals surface area contributed by atoms with Gasteiger partial charge in [-0.15, -0.1) is 0 Å². The van der Waals surface area contributed by atoms with Crippen LogP contribution in [0, 0.1) is 0 Å². The van der Waals surface area contributed by atoms with E-state index in [1.54, 1.807) is 19.1 Å². The van der Waals surface area contributed by atoms with E-state index < -0.39 is 0 Å². The van der Waals surface area contributed by atoms with E-state index in [9.17, 15) is 4.79 Å². The van der Waals surface area contributed by atoms with E-state index in [1.807, 2.05) is 25.3 Å². The van der Waals surface area contributed by atoms with Crippen LogP contribution in [0.25, 0.3) is 0 Å². The molecule has 0 fully saturated rings. The molecule has 1 amide bonds. The highest BCUT2D eigenvalue weighted by Gasteiger charge is 2.15. The minimum absolute atomic E-state index is 0.00699. The van der Waals surface area contributed by atoms with Crippen LogP contribution in [0.4, 0.5) is 0 Å². The molecule has 0 aliphatic rings. The monoisotopic (exact) mass is 181 g/mol. The van der Waals surface area contributed by atoms with Crippen LogP contribution in [-0.4, -0.2) is 30.0 Å².